The quantitative estimate of drug-likeness (QED) is 0.852. The van der Waals surface area contributed by atoms with E-state index in [1.165, 1.54) is 44.3 Å². The number of aryl methyl sites for hydroxylation is 1. The molecule has 3 rings (SSSR count). The smallest absolute Gasteiger partial charge is 0.137 e. The minimum atomic E-state index is 0.582. The van der Waals surface area contributed by atoms with Gasteiger partial charge in [-0.05, 0) is 32.7 Å². The minimum Gasteiger partial charge on any atom is -0.316 e. The first-order chi connectivity index (χ1) is 8.36. The lowest BCUT2D eigenvalue weighted by molar-refractivity contribution is 0.336. The van der Waals surface area contributed by atoms with E-state index in [1.54, 1.807) is 0 Å². The van der Waals surface area contributed by atoms with Crippen LogP contribution in [0.2, 0.25) is 0 Å². The number of hydrogen-bond donors (Lipinski definition) is 1. The Hall–Kier alpha value is -0.900. The molecule has 0 aromatic carbocycles. The van der Waals surface area contributed by atoms with Crippen molar-refractivity contribution in [2.45, 2.75) is 57.4 Å². The summed E-state index contributed by atoms with van der Waals surface area (Å²) in [4.78, 5) is 0. The number of aromatic nitrogens is 3. The van der Waals surface area contributed by atoms with Gasteiger partial charge >= 0.3 is 0 Å². The summed E-state index contributed by atoms with van der Waals surface area (Å²) in [5.74, 6) is 2.93. The Morgan fingerprint density at radius 2 is 1.94 bits per heavy atom. The highest BCUT2D eigenvalue weighted by atomic mass is 15.3. The van der Waals surface area contributed by atoms with Crippen LogP contribution in [-0.4, -0.2) is 27.9 Å². The van der Waals surface area contributed by atoms with Crippen molar-refractivity contribution in [1.82, 2.24) is 20.1 Å². The number of nitrogens with one attached hydrogen (secondary N) is 1. The van der Waals surface area contributed by atoms with Crippen LogP contribution in [0.4, 0.5) is 0 Å². The first-order valence-electron chi connectivity index (χ1n) is 6.98. The van der Waals surface area contributed by atoms with E-state index in [1.807, 2.05) is 0 Å². The second-order valence-corrected chi connectivity index (χ2v) is 5.46. The van der Waals surface area contributed by atoms with E-state index in [9.17, 15) is 0 Å². The van der Waals surface area contributed by atoms with E-state index in [-0.39, 0.29) is 0 Å². The molecule has 1 aromatic rings. The molecule has 1 saturated heterocycles. The van der Waals surface area contributed by atoms with Crippen LogP contribution in [0, 0.1) is 6.92 Å². The maximum absolute atomic E-state index is 4.45. The van der Waals surface area contributed by atoms with Crippen LogP contribution in [0.5, 0.6) is 0 Å². The predicted molar refractivity (Wildman–Crippen MR) is 67.1 cm³/mol. The Morgan fingerprint density at radius 3 is 2.65 bits per heavy atom. The lowest BCUT2D eigenvalue weighted by Crippen LogP contribution is -2.19. The van der Waals surface area contributed by atoms with Crippen LogP contribution in [0.1, 0.15) is 62.1 Å². The molecule has 1 aliphatic heterocycles. The van der Waals surface area contributed by atoms with Crippen molar-refractivity contribution >= 4 is 0 Å². The summed E-state index contributed by atoms with van der Waals surface area (Å²) >= 11 is 0. The van der Waals surface area contributed by atoms with Crippen molar-refractivity contribution in [3.63, 3.8) is 0 Å². The Bertz CT molecular complexity index is 373. The molecule has 1 N–H and O–H groups in total. The SMILES string of the molecule is Cc1nnc(C2CCNC2)n1C1CCCCC1. The van der Waals surface area contributed by atoms with Gasteiger partial charge in [0.15, 0.2) is 0 Å². The summed E-state index contributed by atoms with van der Waals surface area (Å²) in [5, 5.41) is 12.2. The van der Waals surface area contributed by atoms with Gasteiger partial charge in [-0.25, -0.2) is 0 Å². The molecule has 2 heterocycles. The molecular formula is C13H22N4. The van der Waals surface area contributed by atoms with Gasteiger partial charge in [-0.3, -0.25) is 0 Å². The van der Waals surface area contributed by atoms with E-state index in [0.717, 1.165) is 18.9 Å². The lowest BCUT2D eigenvalue weighted by atomic mass is 9.94. The third-order valence-corrected chi connectivity index (χ3v) is 4.26. The molecule has 0 amide bonds. The van der Waals surface area contributed by atoms with Crippen molar-refractivity contribution in [2.75, 3.05) is 13.1 Å². The molecule has 4 heteroatoms. The van der Waals surface area contributed by atoms with E-state index in [2.05, 4.69) is 27.0 Å². The maximum atomic E-state index is 4.45. The highest BCUT2D eigenvalue weighted by Gasteiger charge is 2.27. The summed E-state index contributed by atoms with van der Waals surface area (Å²) in [7, 11) is 0. The van der Waals surface area contributed by atoms with Crippen molar-refractivity contribution in [3.05, 3.63) is 11.6 Å². The molecule has 1 aromatic heterocycles. The Labute approximate surface area is 103 Å². The van der Waals surface area contributed by atoms with Crippen LogP contribution in [0.3, 0.4) is 0 Å². The molecule has 0 bridgehead atoms. The van der Waals surface area contributed by atoms with Crippen LogP contribution in [0.15, 0.2) is 0 Å². The van der Waals surface area contributed by atoms with Gasteiger partial charge in [-0.2, -0.15) is 0 Å². The molecular weight excluding hydrogens is 212 g/mol. The third kappa shape index (κ3) is 2.10. The fraction of sp³-hybridized carbons (Fsp3) is 0.846. The van der Waals surface area contributed by atoms with Gasteiger partial charge in [0.25, 0.3) is 0 Å². The van der Waals surface area contributed by atoms with Gasteiger partial charge in [0, 0.05) is 18.5 Å². The fourth-order valence-electron chi connectivity index (χ4n) is 3.33. The second-order valence-electron chi connectivity index (χ2n) is 5.46. The predicted octanol–water partition coefficient (Wildman–Crippen LogP) is 2.17. The van der Waals surface area contributed by atoms with E-state index >= 15 is 0 Å². The van der Waals surface area contributed by atoms with Crippen molar-refractivity contribution in [3.8, 4) is 0 Å². The van der Waals surface area contributed by atoms with Gasteiger partial charge in [-0.15, -0.1) is 10.2 Å². The van der Waals surface area contributed by atoms with Crippen LogP contribution in [0.25, 0.3) is 0 Å². The van der Waals surface area contributed by atoms with E-state index < -0.39 is 0 Å². The fourth-order valence-corrected chi connectivity index (χ4v) is 3.33. The zero-order valence-corrected chi connectivity index (χ0v) is 10.7. The monoisotopic (exact) mass is 234 g/mol. The van der Waals surface area contributed by atoms with Gasteiger partial charge in [0.2, 0.25) is 0 Å². The summed E-state index contributed by atoms with van der Waals surface area (Å²) in [6.45, 7) is 4.31. The van der Waals surface area contributed by atoms with E-state index in [4.69, 9.17) is 0 Å². The molecule has 1 saturated carbocycles. The van der Waals surface area contributed by atoms with Gasteiger partial charge in [0.1, 0.15) is 11.6 Å². The summed E-state index contributed by atoms with van der Waals surface area (Å²) in [5.41, 5.74) is 0. The average molecular weight is 234 g/mol. The number of rotatable bonds is 2. The average Bonchev–Trinajstić information content (AvgIpc) is 2.98. The molecule has 1 atom stereocenters. The van der Waals surface area contributed by atoms with Crippen LogP contribution >= 0.6 is 0 Å². The summed E-state index contributed by atoms with van der Waals surface area (Å²) in [6.07, 6.45) is 7.97. The standard InChI is InChI=1S/C13H22N4/c1-10-15-16-13(11-7-8-14-9-11)17(10)12-5-3-2-4-6-12/h11-12,14H,2-9H2,1H3. The Morgan fingerprint density at radius 1 is 1.12 bits per heavy atom. The highest BCUT2D eigenvalue weighted by Crippen LogP contribution is 2.32. The number of nitrogens with zero attached hydrogens (tertiary/aromatic N) is 3. The normalized spacial score (nSPS) is 26.5. The largest absolute Gasteiger partial charge is 0.316 e. The lowest BCUT2D eigenvalue weighted by Gasteiger charge is -2.26. The first-order valence-corrected chi connectivity index (χ1v) is 6.98. The second kappa shape index (κ2) is 4.77. The molecule has 4 nitrogen and oxygen atoms in total. The molecule has 17 heavy (non-hydrogen) atoms. The third-order valence-electron chi connectivity index (χ3n) is 4.26. The summed E-state index contributed by atoms with van der Waals surface area (Å²) < 4.78 is 2.44. The van der Waals surface area contributed by atoms with Crippen LogP contribution < -0.4 is 5.32 Å². The zero-order valence-electron chi connectivity index (χ0n) is 10.7. The maximum Gasteiger partial charge on any atom is 0.137 e. The van der Waals surface area contributed by atoms with Crippen molar-refractivity contribution < 1.29 is 0 Å². The molecule has 0 radical (unpaired) electrons. The van der Waals surface area contributed by atoms with Crippen LogP contribution in [-0.2, 0) is 0 Å². The molecule has 1 aliphatic carbocycles. The molecule has 94 valence electrons. The molecule has 2 fully saturated rings. The zero-order chi connectivity index (χ0) is 11.7. The molecule has 1 unspecified atom stereocenters. The van der Waals surface area contributed by atoms with Crippen molar-refractivity contribution in [1.29, 1.82) is 0 Å². The Balaban J connectivity index is 1.88. The van der Waals surface area contributed by atoms with Gasteiger partial charge in [-0.1, -0.05) is 19.3 Å². The number of hydrogen-bond acceptors (Lipinski definition) is 3. The first kappa shape index (κ1) is 11.2. The minimum absolute atomic E-state index is 0.582. The molecule has 2 aliphatic rings. The highest BCUT2D eigenvalue weighted by molar-refractivity contribution is 5.06. The molecule has 0 spiro atoms. The summed E-state index contributed by atoms with van der Waals surface area (Å²) in [6, 6.07) is 0.661. The van der Waals surface area contributed by atoms with Gasteiger partial charge < -0.3 is 9.88 Å². The van der Waals surface area contributed by atoms with Crippen molar-refractivity contribution in [2.24, 2.45) is 0 Å². The Kier molecular flexibility index (Phi) is 3.14. The van der Waals surface area contributed by atoms with E-state index in [0.29, 0.717) is 12.0 Å². The van der Waals surface area contributed by atoms with Gasteiger partial charge in [0.05, 0.1) is 0 Å². The topological polar surface area (TPSA) is 42.7 Å².